The van der Waals surface area contributed by atoms with Crippen LogP contribution in [0, 0.1) is 5.92 Å². The molecule has 0 fully saturated rings. The van der Waals surface area contributed by atoms with Crippen LogP contribution in [0.15, 0.2) is 54.2 Å². The Morgan fingerprint density at radius 1 is 1.00 bits per heavy atom. The van der Waals surface area contributed by atoms with Crippen molar-refractivity contribution in [2.75, 3.05) is 13.2 Å². The fourth-order valence-electron chi connectivity index (χ4n) is 2.44. The van der Waals surface area contributed by atoms with Gasteiger partial charge in [-0.3, -0.25) is 14.4 Å². The van der Waals surface area contributed by atoms with Gasteiger partial charge in [-0.15, -0.1) is 13.2 Å². The fourth-order valence-corrected chi connectivity index (χ4v) is 2.44. The number of hydrogen-bond donors (Lipinski definition) is 2. The average molecular weight is 466 g/mol. The quantitative estimate of drug-likeness (QED) is 0.399. The molecule has 2 N–H and O–H groups in total. The number of rotatable bonds is 10. The Kier molecular flexibility index (Phi) is 9.29. The monoisotopic (exact) mass is 466 g/mol. The normalized spacial score (nSPS) is 11.8. The van der Waals surface area contributed by atoms with Gasteiger partial charge in [-0.25, -0.2) is 5.48 Å². The van der Waals surface area contributed by atoms with E-state index >= 15 is 0 Å². The summed E-state index contributed by atoms with van der Waals surface area (Å²) in [7, 11) is 0. The molecule has 0 aliphatic heterocycles. The number of carbonyl (C=O) groups is 2. The summed E-state index contributed by atoms with van der Waals surface area (Å²) >= 11 is 0. The number of hydroxylamine groups is 1. The summed E-state index contributed by atoms with van der Waals surface area (Å²) in [6.07, 6.45) is -3.52. The lowest BCUT2D eigenvalue weighted by Crippen LogP contribution is -2.34. The summed E-state index contributed by atoms with van der Waals surface area (Å²) < 4.78 is 46.4. The molecule has 10 heteroatoms. The molecule has 0 aromatic heterocycles. The molecule has 0 saturated heterocycles. The number of alkyl halides is 3. The average Bonchev–Trinajstić information content (AvgIpc) is 2.76. The number of benzene rings is 2. The molecular formula is C23H25F3N2O5. The van der Waals surface area contributed by atoms with E-state index in [1.165, 1.54) is 18.2 Å². The van der Waals surface area contributed by atoms with Crippen LogP contribution >= 0.6 is 0 Å². The zero-order valence-electron chi connectivity index (χ0n) is 18.4. The van der Waals surface area contributed by atoms with E-state index in [1.807, 2.05) is 13.8 Å². The van der Waals surface area contributed by atoms with E-state index in [0.29, 0.717) is 23.8 Å². The van der Waals surface area contributed by atoms with Crippen molar-refractivity contribution in [2.45, 2.75) is 27.1 Å². The fraction of sp³-hybridized carbons (Fsp3) is 0.304. The standard InChI is InChI=1S/C23H25F3N2O5/c1-4-32-28-22(30)20(13-16-5-9-19(10-6-16)33-23(24,25)26)27-21(29)17-7-11-18(12-8-17)31-14-15(2)3/h5-13,15H,4,14H2,1-3H3,(H,27,29)(H,28,30)/b20-13-. The maximum absolute atomic E-state index is 12.7. The lowest BCUT2D eigenvalue weighted by Gasteiger charge is -2.12. The lowest BCUT2D eigenvalue weighted by atomic mass is 10.1. The molecule has 7 nitrogen and oxygen atoms in total. The Morgan fingerprint density at radius 3 is 2.15 bits per heavy atom. The van der Waals surface area contributed by atoms with E-state index in [0.717, 1.165) is 12.1 Å². The molecule has 0 atom stereocenters. The first-order valence-corrected chi connectivity index (χ1v) is 10.1. The Hall–Kier alpha value is -3.53. The van der Waals surface area contributed by atoms with Gasteiger partial charge in [0.05, 0.1) is 13.2 Å². The topological polar surface area (TPSA) is 85.9 Å². The highest BCUT2D eigenvalue weighted by Gasteiger charge is 2.30. The van der Waals surface area contributed by atoms with Crippen LogP contribution in [0.3, 0.4) is 0 Å². The SMILES string of the molecule is CCONC(=O)/C(=C/c1ccc(OC(F)(F)F)cc1)NC(=O)c1ccc(OCC(C)C)cc1. The molecular weight excluding hydrogens is 441 g/mol. The Labute approximate surface area is 189 Å². The van der Waals surface area contributed by atoms with Crippen molar-refractivity contribution in [3.05, 3.63) is 65.4 Å². The van der Waals surface area contributed by atoms with Crippen LogP contribution in [0.5, 0.6) is 11.5 Å². The van der Waals surface area contributed by atoms with Gasteiger partial charge < -0.3 is 14.8 Å². The third kappa shape index (κ3) is 9.24. The van der Waals surface area contributed by atoms with Crippen LogP contribution in [0.4, 0.5) is 13.2 Å². The molecule has 0 spiro atoms. The van der Waals surface area contributed by atoms with Gasteiger partial charge in [0, 0.05) is 5.56 Å². The second-order valence-electron chi connectivity index (χ2n) is 7.22. The highest BCUT2D eigenvalue weighted by Crippen LogP contribution is 2.23. The van der Waals surface area contributed by atoms with Crippen LogP contribution in [-0.4, -0.2) is 31.4 Å². The van der Waals surface area contributed by atoms with Gasteiger partial charge in [0.25, 0.3) is 11.8 Å². The van der Waals surface area contributed by atoms with Crippen molar-refractivity contribution in [3.63, 3.8) is 0 Å². The lowest BCUT2D eigenvalue weighted by molar-refractivity contribution is -0.274. The van der Waals surface area contributed by atoms with Crippen molar-refractivity contribution in [2.24, 2.45) is 5.92 Å². The van der Waals surface area contributed by atoms with Crippen molar-refractivity contribution in [1.82, 2.24) is 10.8 Å². The maximum atomic E-state index is 12.7. The van der Waals surface area contributed by atoms with E-state index in [9.17, 15) is 22.8 Å². The van der Waals surface area contributed by atoms with Crippen LogP contribution in [0.1, 0.15) is 36.7 Å². The third-order valence-corrected chi connectivity index (χ3v) is 3.93. The predicted molar refractivity (Wildman–Crippen MR) is 115 cm³/mol. The number of hydrogen-bond acceptors (Lipinski definition) is 5. The molecule has 0 unspecified atom stereocenters. The highest BCUT2D eigenvalue weighted by atomic mass is 19.4. The maximum Gasteiger partial charge on any atom is 0.573 e. The number of halogens is 3. The predicted octanol–water partition coefficient (Wildman–Crippen LogP) is 4.46. The summed E-state index contributed by atoms with van der Waals surface area (Å²) in [5.41, 5.74) is 2.63. The molecule has 0 heterocycles. The second-order valence-corrected chi connectivity index (χ2v) is 7.22. The molecule has 0 saturated carbocycles. The van der Waals surface area contributed by atoms with Crippen LogP contribution in [0.25, 0.3) is 6.08 Å². The van der Waals surface area contributed by atoms with Gasteiger partial charge in [0.1, 0.15) is 17.2 Å². The number of amides is 2. The minimum Gasteiger partial charge on any atom is -0.493 e. The Balaban J connectivity index is 2.18. The zero-order valence-corrected chi connectivity index (χ0v) is 18.4. The summed E-state index contributed by atoms with van der Waals surface area (Å²) in [5, 5.41) is 2.49. The first kappa shape index (κ1) is 25.7. The van der Waals surface area contributed by atoms with Crippen LogP contribution in [-0.2, 0) is 9.63 Å². The molecule has 178 valence electrons. The minimum atomic E-state index is -4.82. The first-order chi connectivity index (χ1) is 15.6. The zero-order chi connectivity index (χ0) is 24.4. The summed E-state index contributed by atoms with van der Waals surface area (Å²) in [5.74, 6) is -0.772. The second kappa shape index (κ2) is 11.9. The molecule has 33 heavy (non-hydrogen) atoms. The van der Waals surface area contributed by atoms with E-state index in [1.54, 1.807) is 31.2 Å². The smallest absolute Gasteiger partial charge is 0.493 e. The molecule has 0 aliphatic rings. The van der Waals surface area contributed by atoms with E-state index in [4.69, 9.17) is 9.57 Å². The van der Waals surface area contributed by atoms with Gasteiger partial charge >= 0.3 is 6.36 Å². The first-order valence-electron chi connectivity index (χ1n) is 10.1. The molecule has 2 amide bonds. The molecule has 2 aromatic rings. The van der Waals surface area contributed by atoms with Gasteiger partial charge in [-0.2, -0.15) is 0 Å². The third-order valence-electron chi connectivity index (χ3n) is 3.93. The Bertz CT molecular complexity index is 956. The van der Waals surface area contributed by atoms with Gasteiger partial charge in [0.2, 0.25) is 0 Å². The minimum absolute atomic E-state index is 0.168. The van der Waals surface area contributed by atoms with Gasteiger partial charge in [-0.05, 0) is 60.9 Å². The Morgan fingerprint density at radius 2 is 1.61 bits per heavy atom. The van der Waals surface area contributed by atoms with Crippen molar-refractivity contribution in [3.8, 4) is 11.5 Å². The number of carbonyl (C=O) groups excluding carboxylic acids is 2. The largest absolute Gasteiger partial charge is 0.573 e. The molecule has 0 bridgehead atoms. The number of nitrogens with one attached hydrogen (secondary N) is 2. The van der Waals surface area contributed by atoms with Crippen molar-refractivity contribution < 1.29 is 37.1 Å². The van der Waals surface area contributed by atoms with Crippen molar-refractivity contribution in [1.29, 1.82) is 0 Å². The van der Waals surface area contributed by atoms with E-state index in [-0.39, 0.29) is 17.9 Å². The molecule has 0 aliphatic carbocycles. The number of ether oxygens (including phenoxy) is 2. The molecule has 2 aromatic carbocycles. The van der Waals surface area contributed by atoms with Crippen LogP contribution in [0.2, 0.25) is 0 Å². The van der Waals surface area contributed by atoms with Gasteiger partial charge in [0.15, 0.2) is 0 Å². The van der Waals surface area contributed by atoms with E-state index in [2.05, 4.69) is 15.5 Å². The molecule has 2 rings (SSSR count). The highest BCUT2D eigenvalue weighted by molar-refractivity contribution is 6.05. The summed E-state index contributed by atoms with van der Waals surface area (Å²) in [6, 6.07) is 11.2. The summed E-state index contributed by atoms with van der Waals surface area (Å²) in [4.78, 5) is 30.0. The van der Waals surface area contributed by atoms with Crippen LogP contribution < -0.4 is 20.3 Å². The molecule has 0 radical (unpaired) electrons. The summed E-state index contributed by atoms with van der Waals surface area (Å²) in [6.45, 7) is 6.40. The van der Waals surface area contributed by atoms with Gasteiger partial charge in [-0.1, -0.05) is 26.0 Å². The van der Waals surface area contributed by atoms with Crippen molar-refractivity contribution >= 4 is 17.9 Å². The van der Waals surface area contributed by atoms with E-state index < -0.39 is 23.9 Å².